The molecule has 1 atom stereocenters. The molecule has 0 fully saturated rings. The first-order valence-electron chi connectivity index (χ1n) is 7.48. The number of rotatable bonds is 3. The molecule has 21 heavy (non-hydrogen) atoms. The zero-order valence-electron chi connectivity index (χ0n) is 14.4. The van der Waals surface area contributed by atoms with Gasteiger partial charge in [0, 0.05) is 18.5 Å². The van der Waals surface area contributed by atoms with E-state index in [0.717, 1.165) is 5.56 Å². The summed E-state index contributed by atoms with van der Waals surface area (Å²) in [6, 6.07) is 7.12. The molecular weight excluding hydrogens is 262 g/mol. The summed E-state index contributed by atoms with van der Waals surface area (Å²) >= 11 is 0. The molecule has 0 heterocycles. The van der Waals surface area contributed by atoms with Gasteiger partial charge in [0.1, 0.15) is 5.75 Å². The number of nitrogens with zero attached hydrogens (tertiary/aromatic N) is 1. The lowest BCUT2D eigenvalue weighted by molar-refractivity contribution is -0.142. The minimum Gasteiger partial charge on any atom is -0.508 e. The smallest absolute Gasteiger partial charge is 0.226 e. The monoisotopic (exact) mass is 291 g/mol. The molecular formula is C18H29NO2. The lowest BCUT2D eigenvalue weighted by Gasteiger charge is -2.39. The zero-order chi connectivity index (χ0) is 16.4. The summed E-state index contributed by atoms with van der Waals surface area (Å²) < 4.78 is 0. The molecule has 0 unspecified atom stereocenters. The second kappa shape index (κ2) is 6.08. The summed E-state index contributed by atoms with van der Waals surface area (Å²) in [5.74, 6) is 0.332. The standard InChI is InChI=1S/C18H29NO2/c1-17(2,3)15(16(21)19(7)18(4,5)6)12-13-8-10-14(20)11-9-13/h8-11,15,20H,12H2,1-7H3/t15-/m1/s1. The average molecular weight is 291 g/mol. The highest BCUT2D eigenvalue weighted by Crippen LogP contribution is 2.32. The van der Waals surface area contributed by atoms with Crippen LogP contribution in [0, 0.1) is 11.3 Å². The Bertz CT molecular complexity index is 477. The van der Waals surface area contributed by atoms with Gasteiger partial charge >= 0.3 is 0 Å². The first kappa shape index (κ1) is 17.5. The number of hydrogen-bond donors (Lipinski definition) is 1. The van der Waals surface area contributed by atoms with Crippen molar-refractivity contribution in [3.05, 3.63) is 29.8 Å². The van der Waals surface area contributed by atoms with Crippen LogP contribution in [0.3, 0.4) is 0 Å². The third kappa shape index (κ3) is 4.76. The van der Waals surface area contributed by atoms with Gasteiger partial charge in [-0.3, -0.25) is 4.79 Å². The number of aromatic hydroxyl groups is 1. The lowest BCUT2D eigenvalue weighted by Crippen LogP contribution is -2.48. The van der Waals surface area contributed by atoms with Gasteiger partial charge in [0.2, 0.25) is 5.91 Å². The first-order chi connectivity index (χ1) is 9.43. The molecule has 3 heteroatoms. The van der Waals surface area contributed by atoms with E-state index >= 15 is 0 Å². The minimum absolute atomic E-state index is 0.0914. The van der Waals surface area contributed by atoms with Crippen LogP contribution < -0.4 is 0 Å². The van der Waals surface area contributed by atoms with Crippen molar-refractivity contribution >= 4 is 5.91 Å². The van der Waals surface area contributed by atoms with Crippen LogP contribution in [0.4, 0.5) is 0 Å². The Labute approximate surface area is 129 Å². The highest BCUT2D eigenvalue weighted by atomic mass is 16.3. The molecule has 1 aromatic rings. The van der Waals surface area contributed by atoms with Gasteiger partial charge in [-0.25, -0.2) is 0 Å². The number of benzene rings is 1. The lowest BCUT2D eigenvalue weighted by atomic mass is 9.76. The normalized spacial score (nSPS) is 13.9. The fraction of sp³-hybridized carbons (Fsp3) is 0.611. The number of hydrogen-bond acceptors (Lipinski definition) is 2. The molecule has 1 N–H and O–H groups in total. The van der Waals surface area contributed by atoms with E-state index in [4.69, 9.17) is 0 Å². The fourth-order valence-electron chi connectivity index (χ4n) is 2.20. The van der Waals surface area contributed by atoms with Crippen molar-refractivity contribution < 1.29 is 9.90 Å². The minimum atomic E-state index is -0.185. The number of phenols is 1. The molecule has 0 aromatic heterocycles. The van der Waals surface area contributed by atoms with Crippen molar-refractivity contribution in [3.63, 3.8) is 0 Å². The first-order valence-corrected chi connectivity index (χ1v) is 7.48. The van der Waals surface area contributed by atoms with Crippen molar-refractivity contribution in [2.75, 3.05) is 7.05 Å². The van der Waals surface area contributed by atoms with Gasteiger partial charge in [0.15, 0.2) is 0 Å². The van der Waals surface area contributed by atoms with Gasteiger partial charge in [0.25, 0.3) is 0 Å². The van der Waals surface area contributed by atoms with Crippen LogP contribution in [-0.2, 0) is 11.2 Å². The van der Waals surface area contributed by atoms with E-state index in [2.05, 4.69) is 20.8 Å². The average Bonchev–Trinajstić information content (AvgIpc) is 2.33. The van der Waals surface area contributed by atoms with Crippen molar-refractivity contribution in [1.29, 1.82) is 0 Å². The topological polar surface area (TPSA) is 40.5 Å². The van der Waals surface area contributed by atoms with Gasteiger partial charge in [-0.1, -0.05) is 32.9 Å². The van der Waals surface area contributed by atoms with E-state index < -0.39 is 0 Å². The Morgan fingerprint density at radius 2 is 1.57 bits per heavy atom. The van der Waals surface area contributed by atoms with E-state index in [1.807, 2.05) is 44.9 Å². The van der Waals surface area contributed by atoms with Crippen LogP contribution in [0.15, 0.2) is 24.3 Å². The van der Waals surface area contributed by atoms with E-state index in [-0.39, 0.29) is 28.5 Å². The van der Waals surface area contributed by atoms with E-state index in [0.29, 0.717) is 6.42 Å². The van der Waals surface area contributed by atoms with Crippen molar-refractivity contribution in [2.45, 2.75) is 53.5 Å². The van der Waals surface area contributed by atoms with Crippen LogP contribution in [0.2, 0.25) is 0 Å². The molecule has 3 nitrogen and oxygen atoms in total. The largest absolute Gasteiger partial charge is 0.508 e. The molecule has 1 aromatic carbocycles. The van der Waals surface area contributed by atoms with Gasteiger partial charge in [-0.2, -0.15) is 0 Å². The maximum atomic E-state index is 12.9. The van der Waals surface area contributed by atoms with Crippen molar-refractivity contribution in [1.82, 2.24) is 4.90 Å². The highest BCUT2D eigenvalue weighted by molar-refractivity contribution is 5.80. The summed E-state index contributed by atoms with van der Waals surface area (Å²) in [5.41, 5.74) is 0.771. The van der Waals surface area contributed by atoms with Crippen LogP contribution in [0.25, 0.3) is 0 Å². The number of carbonyl (C=O) groups is 1. The number of carbonyl (C=O) groups excluding carboxylic acids is 1. The van der Waals surface area contributed by atoms with Gasteiger partial charge in [-0.05, 0) is 50.3 Å². The Morgan fingerprint density at radius 3 is 1.95 bits per heavy atom. The molecule has 0 saturated heterocycles. The molecule has 118 valence electrons. The summed E-state index contributed by atoms with van der Waals surface area (Å²) in [6.07, 6.45) is 0.684. The quantitative estimate of drug-likeness (QED) is 0.919. The Morgan fingerprint density at radius 1 is 1.10 bits per heavy atom. The molecule has 0 bridgehead atoms. The molecule has 0 aliphatic heterocycles. The van der Waals surface area contributed by atoms with Crippen molar-refractivity contribution in [3.8, 4) is 5.75 Å². The fourth-order valence-corrected chi connectivity index (χ4v) is 2.20. The molecule has 0 aliphatic carbocycles. The SMILES string of the molecule is CN(C(=O)[C@@H](Cc1ccc(O)cc1)C(C)(C)C)C(C)(C)C. The Kier molecular flexibility index (Phi) is 5.08. The van der Waals surface area contributed by atoms with Crippen LogP contribution in [-0.4, -0.2) is 28.5 Å². The summed E-state index contributed by atoms with van der Waals surface area (Å²) in [4.78, 5) is 14.7. The highest BCUT2D eigenvalue weighted by Gasteiger charge is 2.36. The Balaban J connectivity index is 3.02. The molecule has 1 amide bonds. The van der Waals surface area contributed by atoms with E-state index in [1.165, 1.54) is 0 Å². The maximum Gasteiger partial charge on any atom is 0.226 e. The van der Waals surface area contributed by atoms with Crippen LogP contribution in [0.5, 0.6) is 5.75 Å². The molecule has 0 radical (unpaired) electrons. The van der Waals surface area contributed by atoms with Crippen LogP contribution >= 0.6 is 0 Å². The molecule has 0 aliphatic rings. The van der Waals surface area contributed by atoms with Gasteiger partial charge in [0.05, 0.1) is 0 Å². The summed E-state index contributed by atoms with van der Waals surface area (Å²) in [7, 11) is 1.87. The maximum absolute atomic E-state index is 12.9. The second-order valence-corrected chi connectivity index (χ2v) is 7.86. The Hall–Kier alpha value is -1.51. The molecule has 0 spiro atoms. The number of amides is 1. The predicted octanol–water partition coefficient (Wildman–Crippen LogP) is 3.85. The third-order valence-corrected chi connectivity index (χ3v) is 4.06. The summed E-state index contributed by atoms with van der Waals surface area (Å²) in [6.45, 7) is 12.5. The molecule has 1 rings (SSSR count). The predicted molar refractivity (Wildman–Crippen MR) is 87.3 cm³/mol. The number of phenolic OH excluding ortho intramolecular Hbond substituents is 1. The van der Waals surface area contributed by atoms with E-state index in [9.17, 15) is 9.90 Å². The third-order valence-electron chi connectivity index (χ3n) is 4.06. The van der Waals surface area contributed by atoms with Crippen LogP contribution in [0.1, 0.15) is 47.1 Å². The second-order valence-electron chi connectivity index (χ2n) is 7.86. The zero-order valence-corrected chi connectivity index (χ0v) is 14.4. The van der Waals surface area contributed by atoms with E-state index in [1.54, 1.807) is 12.1 Å². The summed E-state index contributed by atoms with van der Waals surface area (Å²) in [5, 5.41) is 9.38. The van der Waals surface area contributed by atoms with Crippen molar-refractivity contribution in [2.24, 2.45) is 11.3 Å². The van der Waals surface area contributed by atoms with Gasteiger partial charge in [-0.15, -0.1) is 0 Å². The van der Waals surface area contributed by atoms with Gasteiger partial charge < -0.3 is 10.0 Å². The molecule has 0 saturated carbocycles.